The van der Waals surface area contributed by atoms with Gasteiger partial charge in [-0.25, -0.2) is 0 Å². The maximum absolute atomic E-state index is 12.7. The molecule has 0 saturated carbocycles. The average Bonchev–Trinajstić information content (AvgIpc) is 2.71. The number of pyridine rings is 1. The molecular weight excluding hydrogens is 346 g/mol. The Kier molecular flexibility index (Phi) is 6.84. The summed E-state index contributed by atoms with van der Waals surface area (Å²) < 4.78 is 0. The van der Waals surface area contributed by atoms with Crippen LogP contribution in [0, 0.1) is 11.3 Å². The number of carbonyl (C=O) groups is 1. The van der Waals surface area contributed by atoms with E-state index in [1.165, 1.54) is 5.56 Å². The van der Waals surface area contributed by atoms with Gasteiger partial charge in [0.1, 0.15) is 0 Å². The summed E-state index contributed by atoms with van der Waals surface area (Å²) in [4.78, 5) is 19.8. The molecule has 1 N–H and O–H groups in total. The number of rotatable bonds is 6. The van der Waals surface area contributed by atoms with Gasteiger partial charge in [-0.1, -0.05) is 57.2 Å². The highest BCUT2D eigenvalue weighted by Gasteiger charge is 2.32. The molecule has 1 aliphatic rings. The third kappa shape index (κ3) is 5.65. The summed E-state index contributed by atoms with van der Waals surface area (Å²) in [7, 11) is 0. The Bertz CT molecular complexity index is 739. The molecule has 0 spiro atoms. The van der Waals surface area contributed by atoms with Crippen molar-refractivity contribution in [1.82, 2.24) is 15.2 Å². The van der Waals surface area contributed by atoms with Crippen molar-refractivity contribution in [3.63, 3.8) is 0 Å². The van der Waals surface area contributed by atoms with Crippen LogP contribution in [-0.2, 0) is 11.2 Å². The number of piperidine rings is 1. The molecule has 2 atom stereocenters. The minimum Gasteiger partial charge on any atom is -0.347 e. The lowest BCUT2D eigenvalue weighted by Gasteiger charge is -2.38. The van der Waals surface area contributed by atoms with Crippen molar-refractivity contribution in [3.05, 3.63) is 66.0 Å². The standard InChI is InChI=1S/C24H33N3O/c1-24(2,3)23(28)26-22(21-13-7-8-15-25-21)20-12-9-16-27(18-20)17-14-19-10-5-4-6-11-19/h4-8,10-11,13,15,20,22H,9,12,14,16-18H2,1-3H3,(H,26,28)/t20-,22+/m1/s1. The lowest BCUT2D eigenvalue weighted by Crippen LogP contribution is -2.46. The van der Waals surface area contributed by atoms with E-state index < -0.39 is 5.41 Å². The van der Waals surface area contributed by atoms with Crippen LogP contribution < -0.4 is 5.32 Å². The van der Waals surface area contributed by atoms with Gasteiger partial charge in [0, 0.05) is 24.7 Å². The maximum Gasteiger partial charge on any atom is 0.225 e. The quantitative estimate of drug-likeness (QED) is 0.816. The van der Waals surface area contributed by atoms with E-state index in [9.17, 15) is 4.79 Å². The van der Waals surface area contributed by atoms with E-state index in [-0.39, 0.29) is 11.9 Å². The number of benzene rings is 1. The maximum atomic E-state index is 12.7. The monoisotopic (exact) mass is 379 g/mol. The molecule has 3 rings (SSSR count). The average molecular weight is 380 g/mol. The van der Waals surface area contributed by atoms with E-state index in [2.05, 4.69) is 45.5 Å². The Labute approximate surface area is 169 Å². The fourth-order valence-electron chi connectivity index (χ4n) is 3.85. The molecule has 1 aromatic heterocycles. The molecule has 2 heterocycles. The van der Waals surface area contributed by atoms with Gasteiger partial charge < -0.3 is 10.2 Å². The van der Waals surface area contributed by atoms with Crippen molar-refractivity contribution < 1.29 is 4.79 Å². The van der Waals surface area contributed by atoms with Gasteiger partial charge >= 0.3 is 0 Å². The van der Waals surface area contributed by atoms with E-state index in [1.54, 1.807) is 0 Å². The van der Waals surface area contributed by atoms with E-state index in [4.69, 9.17) is 0 Å². The molecule has 150 valence electrons. The second-order valence-corrected chi connectivity index (χ2v) is 8.89. The van der Waals surface area contributed by atoms with Crippen LogP contribution >= 0.6 is 0 Å². The minimum absolute atomic E-state index is 0.0348. The van der Waals surface area contributed by atoms with Gasteiger partial charge in [-0.2, -0.15) is 0 Å². The van der Waals surface area contributed by atoms with Gasteiger partial charge in [0.05, 0.1) is 11.7 Å². The molecule has 1 aromatic carbocycles. The smallest absolute Gasteiger partial charge is 0.225 e. The number of nitrogens with zero attached hydrogens (tertiary/aromatic N) is 2. The van der Waals surface area contributed by atoms with Gasteiger partial charge in [0.25, 0.3) is 0 Å². The van der Waals surface area contributed by atoms with Crippen LogP contribution in [-0.4, -0.2) is 35.4 Å². The zero-order valence-corrected chi connectivity index (χ0v) is 17.4. The number of aromatic nitrogens is 1. The molecule has 1 aliphatic heterocycles. The molecule has 1 amide bonds. The number of carbonyl (C=O) groups excluding carboxylic acids is 1. The van der Waals surface area contributed by atoms with E-state index in [0.717, 1.165) is 44.6 Å². The summed E-state index contributed by atoms with van der Waals surface area (Å²) in [6, 6.07) is 16.6. The molecule has 4 heteroatoms. The molecule has 0 aliphatic carbocycles. The summed E-state index contributed by atoms with van der Waals surface area (Å²) >= 11 is 0. The lowest BCUT2D eigenvalue weighted by molar-refractivity contribution is -0.130. The normalized spacial score (nSPS) is 19.2. The first kappa shape index (κ1) is 20.5. The SMILES string of the molecule is CC(C)(C)C(=O)N[C@H](c1ccccn1)[C@@H]1CCCN(CCc2ccccc2)C1. The highest BCUT2D eigenvalue weighted by Crippen LogP contribution is 2.30. The predicted octanol–water partition coefficient (Wildman–Crippen LogP) is 4.24. The molecular formula is C24H33N3O. The molecule has 2 aromatic rings. The molecule has 4 nitrogen and oxygen atoms in total. The van der Waals surface area contributed by atoms with Crippen LogP contribution in [0.2, 0.25) is 0 Å². The highest BCUT2D eigenvalue weighted by molar-refractivity contribution is 5.81. The second kappa shape index (κ2) is 9.33. The van der Waals surface area contributed by atoms with Crippen LogP contribution in [0.25, 0.3) is 0 Å². The van der Waals surface area contributed by atoms with Crippen molar-refractivity contribution in [2.45, 2.75) is 46.1 Å². The number of hydrogen-bond acceptors (Lipinski definition) is 3. The molecule has 0 unspecified atom stereocenters. The Morgan fingerprint density at radius 2 is 1.93 bits per heavy atom. The summed E-state index contributed by atoms with van der Waals surface area (Å²) in [6.07, 6.45) is 5.17. The predicted molar refractivity (Wildman–Crippen MR) is 114 cm³/mol. The van der Waals surface area contributed by atoms with Crippen LogP contribution in [0.3, 0.4) is 0 Å². The van der Waals surface area contributed by atoms with E-state index in [1.807, 2.05) is 45.2 Å². The third-order valence-corrected chi connectivity index (χ3v) is 5.55. The lowest BCUT2D eigenvalue weighted by atomic mass is 9.86. The van der Waals surface area contributed by atoms with Gasteiger partial charge in [-0.05, 0) is 49.4 Å². The van der Waals surface area contributed by atoms with Crippen molar-refractivity contribution in [3.8, 4) is 0 Å². The summed E-state index contributed by atoms with van der Waals surface area (Å²) in [5, 5.41) is 3.31. The van der Waals surface area contributed by atoms with Crippen LogP contribution in [0.4, 0.5) is 0 Å². The molecule has 1 fully saturated rings. The number of hydrogen-bond donors (Lipinski definition) is 1. The second-order valence-electron chi connectivity index (χ2n) is 8.89. The number of amides is 1. The number of likely N-dealkylation sites (tertiary alicyclic amines) is 1. The van der Waals surface area contributed by atoms with Crippen LogP contribution in [0.1, 0.15) is 50.9 Å². The van der Waals surface area contributed by atoms with Gasteiger partial charge in [-0.3, -0.25) is 9.78 Å². The third-order valence-electron chi connectivity index (χ3n) is 5.55. The van der Waals surface area contributed by atoms with Crippen LogP contribution in [0.5, 0.6) is 0 Å². The Morgan fingerprint density at radius 3 is 2.61 bits per heavy atom. The molecule has 0 radical (unpaired) electrons. The first-order valence-electron chi connectivity index (χ1n) is 10.4. The zero-order chi connectivity index (χ0) is 20.0. The molecule has 0 bridgehead atoms. The zero-order valence-electron chi connectivity index (χ0n) is 17.4. The largest absolute Gasteiger partial charge is 0.347 e. The Morgan fingerprint density at radius 1 is 1.18 bits per heavy atom. The Hall–Kier alpha value is -2.20. The topological polar surface area (TPSA) is 45.2 Å². The fraction of sp³-hybridized carbons (Fsp3) is 0.500. The van der Waals surface area contributed by atoms with Gasteiger partial charge in [0.15, 0.2) is 0 Å². The minimum atomic E-state index is -0.408. The summed E-state index contributed by atoms with van der Waals surface area (Å²) in [6.45, 7) is 9.08. The van der Waals surface area contributed by atoms with Crippen molar-refractivity contribution in [1.29, 1.82) is 0 Å². The van der Waals surface area contributed by atoms with Gasteiger partial charge in [0.2, 0.25) is 5.91 Å². The first-order valence-corrected chi connectivity index (χ1v) is 10.4. The first-order chi connectivity index (χ1) is 13.4. The molecule has 1 saturated heterocycles. The number of nitrogens with one attached hydrogen (secondary N) is 1. The molecule has 28 heavy (non-hydrogen) atoms. The summed E-state index contributed by atoms with van der Waals surface area (Å²) in [5.74, 6) is 0.468. The Balaban J connectivity index is 1.69. The summed E-state index contributed by atoms with van der Waals surface area (Å²) in [5.41, 5.74) is 1.94. The highest BCUT2D eigenvalue weighted by atomic mass is 16.2. The van der Waals surface area contributed by atoms with Gasteiger partial charge in [-0.15, -0.1) is 0 Å². The van der Waals surface area contributed by atoms with Crippen molar-refractivity contribution in [2.75, 3.05) is 19.6 Å². The van der Waals surface area contributed by atoms with E-state index in [0.29, 0.717) is 5.92 Å². The van der Waals surface area contributed by atoms with E-state index >= 15 is 0 Å². The van der Waals surface area contributed by atoms with Crippen molar-refractivity contribution in [2.24, 2.45) is 11.3 Å². The van der Waals surface area contributed by atoms with Crippen molar-refractivity contribution >= 4 is 5.91 Å². The fourth-order valence-corrected chi connectivity index (χ4v) is 3.85. The van der Waals surface area contributed by atoms with Crippen LogP contribution in [0.15, 0.2) is 54.7 Å².